The Morgan fingerprint density at radius 2 is 2.00 bits per heavy atom. The molecule has 2 aliphatic carbocycles. The molecule has 2 fully saturated rings. The van der Waals surface area contributed by atoms with Crippen LogP contribution in [0.3, 0.4) is 0 Å². The molecule has 0 saturated heterocycles. The summed E-state index contributed by atoms with van der Waals surface area (Å²) in [6.45, 7) is 3.17. The molecule has 28 heavy (non-hydrogen) atoms. The van der Waals surface area contributed by atoms with Crippen LogP contribution >= 0.6 is 35.6 Å². The molecule has 0 unspecified atom stereocenters. The van der Waals surface area contributed by atoms with E-state index in [4.69, 9.17) is 16.3 Å². The summed E-state index contributed by atoms with van der Waals surface area (Å²) in [5.74, 6) is 0.842. The molecule has 2 N–H and O–H groups in total. The number of hydrogen-bond acceptors (Lipinski definition) is 3. The number of nitrogens with one attached hydrogen (secondary N) is 2. The number of rotatable bonds is 6. The predicted molar refractivity (Wildman–Crippen MR) is 125 cm³/mol. The van der Waals surface area contributed by atoms with Crippen molar-refractivity contribution in [2.75, 3.05) is 20.2 Å². The summed E-state index contributed by atoms with van der Waals surface area (Å²) in [5.41, 5.74) is 1.47. The Morgan fingerprint density at radius 1 is 1.29 bits per heavy atom. The fraction of sp³-hybridized carbons (Fsp3) is 0.619. The predicted octanol–water partition coefficient (Wildman–Crippen LogP) is 4.28. The molecule has 156 valence electrons. The molecule has 2 saturated carbocycles. The third-order valence-corrected chi connectivity index (χ3v) is 6.03. The van der Waals surface area contributed by atoms with Crippen LogP contribution in [0.2, 0.25) is 5.02 Å². The molecule has 0 amide bonds. The number of carbonyl (C=O) groups is 1. The van der Waals surface area contributed by atoms with Gasteiger partial charge in [-0.2, -0.15) is 0 Å². The first-order valence-electron chi connectivity index (χ1n) is 9.96. The van der Waals surface area contributed by atoms with Crippen molar-refractivity contribution >= 4 is 47.5 Å². The fourth-order valence-electron chi connectivity index (χ4n) is 3.91. The molecule has 0 radical (unpaired) electrons. The highest BCUT2D eigenvalue weighted by molar-refractivity contribution is 14.0. The lowest BCUT2D eigenvalue weighted by Crippen LogP contribution is -2.47. The number of ether oxygens (including phenoxy) is 1. The minimum Gasteiger partial charge on any atom is -0.466 e. The SMILES string of the molecule is CCOC(=O)C1CCC(NC(=NC)NCC2(c3cccc(Cl)c3)CC2)CC1.I. The lowest BCUT2D eigenvalue weighted by atomic mass is 9.86. The Bertz CT molecular complexity index is 686. The summed E-state index contributed by atoms with van der Waals surface area (Å²) >= 11 is 6.16. The summed E-state index contributed by atoms with van der Waals surface area (Å²) < 4.78 is 5.15. The molecule has 2 aliphatic rings. The number of aliphatic imine (C=N–C) groups is 1. The van der Waals surface area contributed by atoms with Crippen molar-refractivity contribution in [2.45, 2.75) is 56.9 Å². The number of guanidine groups is 1. The first-order valence-corrected chi connectivity index (χ1v) is 10.3. The normalized spacial score (nSPS) is 23.3. The summed E-state index contributed by atoms with van der Waals surface area (Å²) in [7, 11) is 1.80. The Kier molecular flexibility index (Phi) is 8.86. The van der Waals surface area contributed by atoms with E-state index in [-0.39, 0.29) is 41.3 Å². The van der Waals surface area contributed by atoms with Crippen LogP contribution in [0.5, 0.6) is 0 Å². The topological polar surface area (TPSA) is 62.7 Å². The van der Waals surface area contributed by atoms with E-state index in [9.17, 15) is 4.79 Å². The molecular weight excluding hydrogens is 489 g/mol. The number of benzene rings is 1. The van der Waals surface area contributed by atoms with Crippen molar-refractivity contribution < 1.29 is 9.53 Å². The lowest BCUT2D eigenvalue weighted by molar-refractivity contribution is -0.149. The second kappa shape index (κ2) is 10.7. The van der Waals surface area contributed by atoms with Gasteiger partial charge in [-0.3, -0.25) is 9.79 Å². The Labute approximate surface area is 190 Å². The van der Waals surface area contributed by atoms with Gasteiger partial charge in [0.2, 0.25) is 0 Å². The highest BCUT2D eigenvalue weighted by Gasteiger charge is 2.44. The Balaban J connectivity index is 0.00000280. The first-order chi connectivity index (χ1) is 13.1. The number of nitrogens with zero attached hydrogens (tertiary/aromatic N) is 1. The van der Waals surface area contributed by atoms with Crippen molar-refractivity contribution in [3.63, 3.8) is 0 Å². The van der Waals surface area contributed by atoms with E-state index >= 15 is 0 Å². The van der Waals surface area contributed by atoms with E-state index in [1.807, 2.05) is 19.1 Å². The fourth-order valence-corrected chi connectivity index (χ4v) is 4.10. The van der Waals surface area contributed by atoms with Gasteiger partial charge in [0.25, 0.3) is 0 Å². The van der Waals surface area contributed by atoms with Gasteiger partial charge in [0.05, 0.1) is 12.5 Å². The standard InChI is InChI=1S/C21H30ClN3O2.HI/c1-3-27-19(26)15-7-9-18(10-8-15)25-20(23-2)24-14-21(11-12-21)16-5-4-6-17(22)13-16;/h4-6,13,15,18H,3,7-12,14H2,1-2H3,(H2,23,24,25);1H. The first kappa shape index (κ1) is 23.3. The van der Waals surface area contributed by atoms with Crippen LogP contribution in [0, 0.1) is 5.92 Å². The van der Waals surface area contributed by atoms with Gasteiger partial charge in [-0.25, -0.2) is 0 Å². The maximum atomic E-state index is 11.9. The zero-order valence-corrected chi connectivity index (χ0v) is 19.8. The van der Waals surface area contributed by atoms with Gasteiger partial charge in [0.1, 0.15) is 0 Å². The van der Waals surface area contributed by atoms with E-state index in [1.165, 1.54) is 18.4 Å². The van der Waals surface area contributed by atoms with Crippen molar-refractivity contribution in [3.05, 3.63) is 34.9 Å². The average molecular weight is 520 g/mol. The van der Waals surface area contributed by atoms with Crippen molar-refractivity contribution in [1.29, 1.82) is 0 Å². The monoisotopic (exact) mass is 519 g/mol. The molecule has 0 bridgehead atoms. The average Bonchev–Trinajstić information content (AvgIpc) is 3.47. The van der Waals surface area contributed by atoms with Crippen LogP contribution in [0.4, 0.5) is 0 Å². The van der Waals surface area contributed by atoms with Crippen LogP contribution in [0.15, 0.2) is 29.3 Å². The summed E-state index contributed by atoms with van der Waals surface area (Å²) in [4.78, 5) is 16.3. The van der Waals surface area contributed by atoms with Gasteiger partial charge in [-0.05, 0) is 63.1 Å². The summed E-state index contributed by atoms with van der Waals surface area (Å²) in [6, 6.07) is 8.52. The number of esters is 1. The molecule has 0 aliphatic heterocycles. The zero-order valence-electron chi connectivity index (χ0n) is 16.7. The maximum Gasteiger partial charge on any atom is 0.308 e. The summed E-state index contributed by atoms with van der Waals surface area (Å²) in [5, 5.41) is 7.81. The second-order valence-electron chi connectivity index (χ2n) is 7.66. The third kappa shape index (κ3) is 5.99. The Morgan fingerprint density at radius 3 is 2.57 bits per heavy atom. The highest BCUT2D eigenvalue weighted by atomic mass is 127. The molecular formula is C21H31ClIN3O2. The van der Waals surface area contributed by atoms with E-state index in [0.717, 1.165) is 43.2 Å². The molecule has 0 aromatic heterocycles. The Hall–Kier alpha value is -1.02. The largest absolute Gasteiger partial charge is 0.466 e. The maximum absolute atomic E-state index is 11.9. The lowest BCUT2D eigenvalue weighted by Gasteiger charge is -2.29. The molecule has 3 rings (SSSR count). The second-order valence-corrected chi connectivity index (χ2v) is 8.10. The van der Waals surface area contributed by atoms with Gasteiger partial charge >= 0.3 is 5.97 Å². The van der Waals surface area contributed by atoms with E-state index < -0.39 is 0 Å². The van der Waals surface area contributed by atoms with E-state index in [2.05, 4.69) is 27.8 Å². The molecule has 1 aromatic carbocycles. The number of carbonyl (C=O) groups excluding carboxylic acids is 1. The minimum atomic E-state index is -0.0457. The van der Waals surface area contributed by atoms with Crippen LogP contribution in [-0.2, 0) is 14.9 Å². The van der Waals surface area contributed by atoms with Crippen molar-refractivity contribution in [2.24, 2.45) is 10.9 Å². The summed E-state index contributed by atoms with van der Waals surface area (Å²) in [6.07, 6.45) is 6.01. The van der Waals surface area contributed by atoms with E-state index in [1.54, 1.807) is 7.05 Å². The van der Waals surface area contributed by atoms with Gasteiger partial charge in [0.15, 0.2) is 5.96 Å². The minimum absolute atomic E-state index is 0. The van der Waals surface area contributed by atoms with Crippen LogP contribution < -0.4 is 10.6 Å². The van der Waals surface area contributed by atoms with Gasteiger partial charge in [0, 0.05) is 30.1 Å². The highest BCUT2D eigenvalue weighted by Crippen LogP contribution is 2.48. The van der Waals surface area contributed by atoms with Crippen molar-refractivity contribution in [3.8, 4) is 0 Å². The number of hydrogen-bond donors (Lipinski definition) is 2. The molecule has 7 heteroatoms. The van der Waals surface area contributed by atoms with Gasteiger partial charge in [-0.15, -0.1) is 24.0 Å². The van der Waals surface area contributed by atoms with E-state index in [0.29, 0.717) is 12.6 Å². The van der Waals surface area contributed by atoms with Crippen LogP contribution in [0.25, 0.3) is 0 Å². The molecule has 0 spiro atoms. The molecule has 1 aromatic rings. The van der Waals surface area contributed by atoms with Crippen molar-refractivity contribution in [1.82, 2.24) is 10.6 Å². The van der Waals surface area contributed by atoms with Crippen LogP contribution in [-0.4, -0.2) is 38.2 Å². The number of halogens is 2. The van der Waals surface area contributed by atoms with Gasteiger partial charge < -0.3 is 15.4 Å². The molecule has 5 nitrogen and oxygen atoms in total. The van der Waals surface area contributed by atoms with Gasteiger partial charge in [-0.1, -0.05) is 23.7 Å². The smallest absolute Gasteiger partial charge is 0.308 e. The van der Waals surface area contributed by atoms with Crippen LogP contribution in [0.1, 0.15) is 51.0 Å². The molecule has 0 atom stereocenters. The quantitative estimate of drug-likeness (QED) is 0.255. The zero-order chi connectivity index (χ0) is 19.3. The third-order valence-electron chi connectivity index (χ3n) is 5.80. The molecule has 0 heterocycles.